The van der Waals surface area contributed by atoms with Gasteiger partial charge in [0.05, 0.1) is 15.9 Å². The van der Waals surface area contributed by atoms with E-state index in [1.54, 1.807) is 22.9 Å². The van der Waals surface area contributed by atoms with Crippen molar-refractivity contribution >= 4 is 27.5 Å². The van der Waals surface area contributed by atoms with Gasteiger partial charge in [-0.15, -0.1) is 0 Å². The van der Waals surface area contributed by atoms with E-state index in [4.69, 9.17) is 9.47 Å². The first-order valence-electron chi connectivity index (χ1n) is 7.39. The number of anilines is 1. The molecule has 3 rings (SSSR count). The molecule has 2 aromatic rings. The van der Waals surface area contributed by atoms with Crippen LogP contribution in [-0.4, -0.2) is 28.9 Å². The number of ether oxygens (including phenoxy) is 2. The number of carbonyl (C=O) groups excluding carboxylic acids is 1. The summed E-state index contributed by atoms with van der Waals surface area (Å²) < 4.78 is 13.6. The van der Waals surface area contributed by atoms with Crippen molar-refractivity contribution in [3.63, 3.8) is 0 Å². The van der Waals surface area contributed by atoms with Crippen LogP contribution in [0.1, 0.15) is 24.4 Å². The molecule has 1 aliphatic heterocycles. The molecule has 7 heteroatoms. The molecule has 0 saturated heterocycles. The Morgan fingerprint density at radius 3 is 2.65 bits per heavy atom. The van der Waals surface area contributed by atoms with E-state index in [1.807, 2.05) is 20.8 Å². The van der Waals surface area contributed by atoms with Crippen LogP contribution in [0.25, 0.3) is 0 Å². The first kappa shape index (κ1) is 15.9. The second-order valence-corrected chi connectivity index (χ2v) is 6.25. The van der Waals surface area contributed by atoms with Gasteiger partial charge in [-0.25, -0.2) is 0 Å². The molecule has 122 valence electrons. The van der Waals surface area contributed by atoms with Crippen molar-refractivity contribution in [1.29, 1.82) is 0 Å². The molecule has 1 aromatic heterocycles. The number of rotatable bonds is 3. The summed E-state index contributed by atoms with van der Waals surface area (Å²) in [7, 11) is 0. The standard InChI is InChI=1S/C16H18BrN3O3/c1-9-15(17)10(2)20(19-9)11(3)16(21)18-12-4-5-13-14(8-12)23-7-6-22-13/h4-5,8,11H,6-7H2,1-3H3,(H,18,21). The van der Waals surface area contributed by atoms with E-state index in [0.29, 0.717) is 30.4 Å². The zero-order chi connectivity index (χ0) is 16.6. The number of hydrogen-bond donors (Lipinski definition) is 1. The van der Waals surface area contributed by atoms with Crippen LogP contribution in [0.15, 0.2) is 22.7 Å². The second kappa shape index (κ2) is 6.23. The molecule has 1 unspecified atom stereocenters. The lowest BCUT2D eigenvalue weighted by atomic mass is 10.2. The summed E-state index contributed by atoms with van der Waals surface area (Å²) in [5, 5.41) is 7.30. The molecule has 23 heavy (non-hydrogen) atoms. The Hall–Kier alpha value is -2.02. The van der Waals surface area contributed by atoms with Crippen LogP contribution >= 0.6 is 15.9 Å². The van der Waals surface area contributed by atoms with Gasteiger partial charge in [-0.2, -0.15) is 5.10 Å². The van der Waals surface area contributed by atoms with Gasteiger partial charge >= 0.3 is 0 Å². The third kappa shape index (κ3) is 3.06. The Morgan fingerprint density at radius 1 is 1.30 bits per heavy atom. The molecule has 0 radical (unpaired) electrons. The maximum absolute atomic E-state index is 12.5. The van der Waals surface area contributed by atoms with Gasteiger partial charge in [-0.3, -0.25) is 9.48 Å². The summed E-state index contributed by atoms with van der Waals surface area (Å²) in [4.78, 5) is 12.5. The first-order chi connectivity index (χ1) is 11.0. The first-order valence-corrected chi connectivity index (χ1v) is 8.18. The number of nitrogens with zero attached hydrogens (tertiary/aromatic N) is 2. The Balaban J connectivity index is 1.77. The van der Waals surface area contributed by atoms with Crippen molar-refractivity contribution in [2.24, 2.45) is 0 Å². The zero-order valence-electron chi connectivity index (χ0n) is 13.2. The number of aromatic nitrogens is 2. The fourth-order valence-corrected chi connectivity index (χ4v) is 2.76. The SMILES string of the molecule is Cc1nn(C(C)C(=O)Nc2ccc3c(c2)OCCO3)c(C)c1Br. The lowest BCUT2D eigenvalue weighted by Crippen LogP contribution is -2.25. The Bertz CT molecular complexity index is 757. The van der Waals surface area contributed by atoms with Crippen molar-refractivity contribution in [3.05, 3.63) is 34.1 Å². The second-order valence-electron chi connectivity index (χ2n) is 5.45. The van der Waals surface area contributed by atoms with Crippen molar-refractivity contribution in [2.45, 2.75) is 26.8 Å². The number of amides is 1. The smallest absolute Gasteiger partial charge is 0.248 e. The van der Waals surface area contributed by atoms with Crippen molar-refractivity contribution in [3.8, 4) is 11.5 Å². The van der Waals surface area contributed by atoms with Gasteiger partial charge in [0.15, 0.2) is 11.5 Å². The summed E-state index contributed by atoms with van der Waals surface area (Å²) in [5.74, 6) is 1.21. The number of hydrogen-bond acceptors (Lipinski definition) is 4. The fraction of sp³-hybridized carbons (Fsp3) is 0.375. The summed E-state index contributed by atoms with van der Waals surface area (Å²) in [5.41, 5.74) is 2.46. The maximum atomic E-state index is 12.5. The highest BCUT2D eigenvalue weighted by Gasteiger charge is 2.21. The van der Waals surface area contributed by atoms with E-state index >= 15 is 0 Å². The van der Waals surface area contributed by atoms with Gasteiger partial charge in [0.25, 0.3) is 0 Å². The van der Waals surface area contributed by atoms with Crippen LogP contribution in [0.3, 0.4) is 0 Å². The third-order valence-corrected chi connectivity index (χ3v) is 4.94. The molecule has 0 spiro atoms. The van der Waals surface area contributed by atoms with Gasteiger partial charge in [-0.1, -0.05) is 0 Å². The Kier molecular flexibility index (Phi) is 4.30. The lowest BCUT2D eigenvalue weighted by molar-refractivity contribution is -0.119. The van der Waals surface area contributed by atoms with Crippen LogP contribution in [0.5, 0.6) is 11.5 Å². The summed E-state index contributed by atoms with van der Waals surface area (Å²) in [6.45, 7) is 6.71. The van der Waals surface area contributed by atoms with Crippen molar-refractivity contribution in [2.75, 3.05) is 18.5 Å². The zero-order valence-corrected chi connectivity index (χ0v) is 14.8. The lowest BCUT2D eigenvalue weighted by Gasteiger charge is -2.20. The van der Waals surface area contributed by atoms with E-state index in [0.717, 1.165) is 15.9 Å². The quantitative estimate of drug-likeness (QED) is 0.888. The summed E-state index contributed by atoms with van der Waals surface area (Å²) in [6, 6.07) is 4.95. The van der Waals surface area contributed by atoms with E-state index in [2.05, 4.69) is 26.3 Å². The maximum Gasteiger partial charge on any atom is 0.248 e. The molecule has 1 aromatic carbocycles. The summed E-state index contributed by atoms with van der Waals surface area (Å²) >= 11 is 3.48. The van der Waals surface area contributed by atoms with Gasteiger partial charge in [0, 0.05) is 11.8 Å². The van der Waals surface area contributed by atoms with E-state index in [1.165, 1.54) is 0 Å². The normalized spacial score (nSPS) is 14.4. The van der Waals surface area contributed by atoms with Crippen LogP contribution in [0.4, 0.5) is 5.69 Å². The van der Waals surface area contributed by atoms with Crippen LogP contribution < -0.4 is 14.8 Å². The van der Waals surface area contributed by atoms with Crippen LogP contribution in [0.2, 0.25) is 0 Å². The molecule has 0 bridgehead atoms. The number of halogens is 1. The van der Waals surface area contributed by atoms with Crippen molar-refractivity contribution in [1.82, 2.24) is 9.78 Å². The van der Waals surface area contributed by atoms with E-state index < -0.39 is 6.04 Å². The summed E-state index contributed by atoms with van der Waals surface area (Å²) in [6.07, 6.45) is 0. The molecule has 6 nitrogen and oxygen atoms in total. The number of benzene rings is 1. The molecular formula is C16H18BrN3O3. The molecule has 1 aliphatic rings. The van der Waals surface area contributed by atoms with Gasteiger partial charge < -0.3 is 14.8 Å². The molecule has 0 saturated carbocycles. The van der Waals surface area contributed by atoms with Gasteiger partial charge in [-0.05, 0) is 48.8 Å². The molecular weight excluding hydrogens is 362 g/mol. The predicted molar refractivity (Wildman–Crippen MR) is 90.2 cm³/mol. The molecule has 0 fully saturated rings. The highest BCUT2D eigenvalue weighted by molar-refractivity contribution is 9.10. The van der Waals surface area contributed by atoms with E-state index in [-0.39, 0.29) is 5.91 Å². The monoisotopic (exact) mass is 379 g/mol. The third-order valence-electron chi connectivity index (χ3n) is 3.79. The topological polar surface area (TPSA) is 65.4 Å². The fourth-order valence-electron chi connectivity index (χ4n) is 2.50. The largest absolute Gasteiger partial charge is 0.486 e. The minimum absolute atomic E-state index is 0.139. The van der Waals surface area contributed by atoms with Crippen LogP contribution in [0, 0.1) is 13.8 Å². The highest BCUT2D eigenvalue weighted by Crippen LogP contribution is 2.33. The molecule has 1 atom stereocenters. The minimum atomic E-state index is -0.423. The van der Waals surface area contributed by atoms with Crippen LogP contribution in [-0.2, 0) is 4.79 Å². The Labute approximate surface area is 142 Å². The average Bonchev–Trinajstić information content (AvgIpc) is 2.81. The number of aryl methyl sites for hydroxylation is 1. The average molecular weight is 380 g/mol. The number of nitrogens with one attached hydrogen (secondary N) is 1. The molecule has 0 aliphatic carbocycles. The molecule has 1 amide bonds. The highest BCUT2D eigenvalue weighted by atomic mass is 79.9. The van der Waals surface area contributed by atoms with Gasteiger partial charge in [0.1, 0.15) is 19.3 Å². The van der Waals surface area contributed by atoms with E-state index in [9.17, 15) is 4.79 Å². The molecule has 2 heterocycles. The molecule has 1 N–H and O–H groups in total. The predicted octanol–water partition coefficient (Wildman–Crippen LogP) is 3.23. The Morgan fingerprint density at radius 2 is 2.00 bits per heavy atom. The van der Waals surface area contributed by atoms with Gasteiger partial charge in [0.2, 0.25) is 5.91 Å². The number of carbonyl (C=O) groups is 1. The minimum Gasteiger partial charge on any atom is -0.486 e. The van der Waals surface area contributed by atoms with Crippen molar-refractivity contribution < 1.29 is 14.3 Å². The number of fused-ring (bicyclic) bond motifs is 1.